The molecule has 1 N–H and O–H groups in total. The average Bonchev–Trinajstić information content (AvgIpc) is 3.53. The maximum Gasteiger partial charge on any atom is 0.417 e. The van der Waals surface area contributed by atoms with Gasteiger partial charge in [-0.3, -0.25) is 14.5 Å². The zero-order valence-electron chi connectivity index (χ0n) is 21.6. The summed E-state index contributed by atoms with van der Waals surface area (Å²) < 4.78 is 56.9. The van der Waals surface area contributed by atoms with Gasteiger partial charge in [0.2, 0.25) is 0 Å². The number of halogens is 4. The van der Waals surface area contributed by atoms with Crippen molar-refractivity contribution in [3.05, 3.63) is 81.3 Å². The SMILES string of the molecule is CC1(C)C(=O)N(c2ccc(C#N)c(C(F)(F)F)c2)C(c2cccs2)N1c1ccc(C(=O)N2CCNCC2)c(F)c1. The summed E-state index contributed by atoms with van der Waals surface area (Å²) in [4.78, 5) is 31.9. The maximum absolute atomic E-state index is 15.5. The van der Waals surface area contributed by atoms with Gasteiger partial charge in [0.05, 0.1) is 22.8 Å². The predicted molar refractivity (Wildman–Crippen MR) is 142 cm³/mol. The van der Waals surface area contributed by atoms with Gasteiger partial charge in [-0.2, -0.15) is 18.4 Å². The topological polar surface area (TPSA) is 79.7 Å². The Balaban J connectivity index is 1.60. The Morgan fingerprint density at radius 1 is 1.10 bits per heavy atom. The molecule has 5 rings (SSSR count). The molecule has 0 spiro atoms. The van der Waals surface area contributed by atoms with Crippen molar-refractivity contribution in [2.24, 2.45) is 0 Å². The second kappa shape index (κ2) is 10.2. The molecule has 2 aliphatic heterocycles. The van der Waals surface area contributed by atoms with Crippen LogP contribution in [-0.2, 0) is 11.0 Å². The number of hydrogen-bond donors (Lipinski definition) is 1. The molecule has 208 valence electrons. The molecule has 2 saturated heterocycles. The van der Waals surface area contributed by atoms with E-state index >= 15 is 4.39 Å². The van der Waals surface area contributed by atoms with Gasteiger partial charge in [0, 0.05) is 42.4 Å². The van der Waals surface area contributed by atoms with Gasteiger partial charge in [-0.05, 0) is 61.7 Å². The number of thiophene rings is 1. The van der Waals surface area contributed by atoms with Crippen LogP contribution in [0.1, 0.15) is 46.4 Å². The van der Waals surface area contributed by atoms with Gasteiger partial charge in [0.15, 0.2) is 0 Å². The van der Waals surface area contributed by atoms with Crippen molar-refractivity contribution in [2.45, 2.75) is 31.7 Å². The molecule has 2 aromatic carbocycles. The quantitative estimate of drug-likeness (QED) is 0.438. The first-order valence-electron chi connectivity index (χ1n) is 12.5. The highest BCUT2D eigenvalue weighted by molar-refractivity contribution is 7.10. The second-order valence-corrected chi connectivity index (χ2v) is 11.0. The zero-order chi connectivity index (χ0) is 28.8. The molecule has 7 nitrogen and oxygen atoms in total. The summed E-state index contributed by atoms with van der Waals surface area (Å²) in [6.07, 6.45) is -5.72. The molecule has 2 fully saturated rings. The van der Waals surface area contributed by atoms with Crippen LogP contribution in [0.15, 0.2) is 53.9 Å². The molecule has 2 amide bonds. The molecular formula is C28H25F4N5O2S. The fourth-order valence-electron chi connectivity index (χ4n) is 5.22. The van der Waals surface area contributed by atoms with E-state index < -0.39 is 46.6 Å². The third kappa shape index (κ3) is 4.69. The molecule has 0 saturated carbocycles. The van der Waals surface area contributed by atoms with E-state index in [-0.39, 0.29) is 11.3 Å². The first kappa shape index (κ1) is 27.6. The fraction of sp³-hybridized carbons (Fsp3) is 0.321. The first-order valence-corrected chi connectivity index (χ1v) is 13.4. The Bertz CT molecular complexity index is 1490. The molecular weight excluding hydrogens is 546 g/mol. The molecule has 3 aromatic rings. The lowest BCUT2D eigenvalue weighted by Gasteiger charge is -2.36. The Kier molecular flexibility index (Phi) is 7.06. The average molecular weight is 572 g/mol. The van der Waals surface area contributed by atoms with Crippen LogP contribution >= 0.6 is 11.3 Å². The monoisotopic (exact) mass is 571 g/mol. The first-order chi connectivity index (χ1) is 18.9. The van der Waals surface area contributed by atoms with E-state index in [2.05, 4.69) is 5.32 Å². The van der Waals surface area contributed by atoms with Gasteiger partial charge in [-0.1, -0.05) is 6.07 Å². The number of hydrogen-bond acceptors (Lipinski definition) is 6. The Morgan fingerprint density at radius 3 is 2.40 bits per heavy atom. The van der Waals surface area contributed by atoms with Crippen LogP contribution in [0.4, 0.5) is 28.9 Å². The molecule has 0 bridgehead atoms. The predicted octanol–water partition coefficient (Wildman–Crippen LogP) is 5.15. The van der Waals surface area contributed by atoms with Crippen molar-refractivity contribution in [1.82, 2.24) is 10.2 Å². The second-order valence-electron chi connectivity index (χ2n) is 10.0. The third-order valence-corrected chi connectivity index (χ3v) is 8.12. The lowest BCUT2D eigenvalue weighted by Crippen LogP contribution is -2.46. The van der Waals surface area contributed by atoms with Gasteiger partial charge in [-0.15, -0.1) is 11.3 Å². The highest BCUT2D eigenvalue weighted by Crippen LogP contribution is 2.48. The summed E-state index contributed by atoms with van der Waals surface area (Å²) in [6.45, 7) is 5.35. The van der Waals surface area contributed by atoms with E-state index in [4.69, 9.17) is 0 Å². The number of nitrogens with zero attached hydrogens (tertiary/aromatic N) is 4. The van der Waals surface area contributed by atoms with Crippen molar-refractivity contribution in [2.75, 3.05) is 36.0 Å². The number of nitriles is 1. The number of amides is 2. The molecule has 1 atom stereocenters. The normalized spacial score (nSPS) is 19.2. The molecule has 12 heteroatoms. The van der Waals surface area contributed by atoms with Crippen molar-refractivity contribution in [1.29, 1.82) is 5.26 Å². The number of nitrogens with one attached hydrogen (secondary N) is 1. The van der Waals surface area contributed by atoms with Gasteiger partial charge < -0.3 is 15.1 Å². The molecule has 1 aromatic heterocycles. The van der Waals surface area contributed by atoms with E-state index in [1.165, 1.54) is 34.4 Å². The molecule has 0 aliphatic carbocycles. The number of alkyl halides is 3. The summed E-state index contributed by atoms with van der Waals surface area (Å²) in [7, 11) is 0. The minimum absolute atomic E-state index is 0.0451. The summed E-state index contributed by atoms with van der Waals surface area (Å²) in [5.41, 5.74) is -2.87. The maximum atomic E-state index is 15.5. The molecule has 3 heterocycles. The van der Waals surface area contributed by atoms with Crippen molar-refractivity contribution < 1.29 is 27.2 Å². The van der Waals surface area contributed by atoms with Crippen molar-refractivity contribution in [3.63, 3.8) is 0 Å². The van der Waals surface area contributed by atoms with E-state index in [1.54, 1.807) is 53.3 Å². The number of carbonyl (C=O) groups excluding carboxylic acids is 2. The van der Waals surface area contributed by atoms with E-state index in [0.29, 0.717) is 36.7 Å². The molecule has 1 unspecified atom stereocenters. The summed E-state index contributed by atoms with van der Waals surface area (Å²) >= 11 is 1.30. The Labute approximate surface area is 232 Å². The van der Waals surface area contributed by atoms with Crippen LogP contribution in [0, 0.1) is 17.1 Å². The number of anilines is 2. The smallest absolute Gasteiger partial charge is 0.336 e. The Morgan fingerprint density at radius 2 is 1.80 bits per heavy atom. The molecule has 40 heavy (non-hydrogen) atoms. The summed E-state index contributed by atoms with van der Waals surface area (Å²) in [5, 5.41) is 14.1. The van der Waals surface area contributed by atoms with E-state index in [1.807, 2.05) is 0 Å². The summed E-state index contributed by atoms with van der Waals surface area (Å²) in [6, 6.07) is 12.3. The van der Waals surface area contributed by atoms with Crippen LogP contribution < -0.4 is 15.1 Å². The number of benzene rings is 2. The highest BCUT2D eigenvalue weighted by Gasteiger charge is 2.54. The number of rotatable bonds is 4. The lowest BCUT2D eigenvalue weighted by molar-refractivity contribution is -0.137. The Hall–Kier alpha value is -3.95. The highest BCUT2D eigenvalue weighted by atomic mass is 32.1. The summed E-state index contributed by atoms with van der Waals surface area (Å²) in [5.74, 6) is -1.70. The minimum atomic E-state index is -4.81. The van der Waals surface area contributed by atoms with E-state index in [0.717, 1.165) is 12.1 Å². The van der Waals surface area contributed by atoms with Gasteiger partial charge in [0.25, 0.3) is 11.8 Å². The van der Waals surface area contributed by atoms with Gasteiger partial charge >= 0.3 is 6.18 Å². The van der Waals surface area contributed by atoms with Crippen LogP contribution in [0.5, 0.6) is 0 Å². The zero-order valence-corrected chi connectivity index (χ0v) is 22.4. The fourth-order valence-corrected chi connectivity index (χ4v) is 6.03. The van der Waals surface area contributed by atoms with Crippen molar-refractivity contribution >= 4 is 34.5 Å². The minimum Gasteiger partial charge on any atom is -0.336 e. The number of piperazine rings is 1. The van der Waals surface area contributed by atoms with Gasteiger partial charge in [-0.25, -0.2) is 4.39 Å². The van der Waals surface area contributed by atoms with Crippen molar-refractivity contribution in [3.8, 4) is 6.07 Å². The largest absolute Gasteiger partial charge is 0.417 e. The number of carbonyl (C=O) groups is 2. The van der Waals surface area contributed by atoms with Crippen LogP contribution in [-0.4, -0.2) is 48.4 Å². The lowest BCUT2D eigenvalue weighted by atomic mass is 10.0. The van der Waals surface area contributed by atoms with Crippen LogP contribution in [0.25, 0.3) is 0 Å². The standard InChI is InChI=1S/C28H25F4N5O2S/c1-27(2)26(39)36(18-6-5-17(16-33)21(14-18)28(30,31)32)24(23-4-3-13-40-23)37(27)19-7-8-20(22(29)15-19)25(38)35-11-9-34-10-12-35/h3-8,13-15,24,34H,9-12H2,1-2H3. The van der Waals surface area contributed by atoms with Crippen LogP contribution in [0.3, 0.4) is 0 Å². The van der Waals surface area contributed by atoms with Gasteiger partial charge in [0.1, 0.15) is 17.5 Å². The molecule has 2 aliphatic rings. The third-order valence-electron chi connectivity index (χ3n) is 7.20. The van der Waals surface area contributed by atoms with E-state index in [9.17, 15) is 28.0 Å². The van der Waals surface area contributed by atoms with Crippen LogP contribution in [0.2, 0.25) is 0 Å². The molecule has 0 radical (unpaired) electrons.